The summed E-state index contributed by atoms with van der Waals surface area (Å²) in [6, 6.07) is 11.5. The van der Waals surface area contributed by atoms with Crippen molar-refractivity contribution in [2.75, 3.05) is 28.4 Å². The van der Waals surface area contributed by atoms with Crippen LogP contribution in [0.15, 0.2) is 41.4 Å². The van der Waals surface area contributed by atoms with E-state index in [9.17, 15) is 0 Å². The van der Waals surface area contributed by atoms with E-state index >= 15 is 0 Å². The predicted octanol–water partition coefficient (Wildman–Crippen LogP) is 3.23. The Morgan fingerprint density at radius 1 is 0.885 bits per heavy atom. The van der Waals surface area contributed by atoms with Gasteiger partial charge < -0.3 is 24.8 Å². The summed E-state index contributed by atoms with van der Waals surface area (Å²) in [5.74, 6) is 2.50. The Morgan fingerprint density at radius 3 is 1.88 bits per heavy atom. The maximum atomic E-state index is 5.90. The minimum absolute atomic E-state index is 0.553. The van der Waals surface area contributed by atoms with Crippen LogP contribution in [0.4, 0.5) is 0 Å². The Balaban J connectivity index is 2.00. The maximum absolute atomic E-state index is 5.90. The van der Waals surface area contributed by atoms with Crippen LogP contribution in [0.5, 0.6) is 17.2 Å². The van der Waals surface area contributed by atoms with E-state index in [4.69, 9.17) is 25.8 Å². The zero-order valence-corrected chi connectivity index (χ0v) is 16.2. The molecule has 0 unspecified atom stereocenters. The van der Waals surface area contributed by atoms with Crippen LogP contribution in [0, 0.1) is 0 Å². The molecular weight excluding hydrogens is 354 g/mol. The van der Waals surface area contributed by atoms with Gasteiger partial charge >= 0.3 is 0 Å². The Morgan fingerprint density at radius 2 is 1.42 bits per heavy atom. The zero-order chi connectivity index (χ0) is 18.9. The van der Waals surface area contributed by atoms with E-state index in [0.717, 1.165) is 16.1 Å². The van der Waals surface area contributed by atoms with Crippen molar-refractivity contribution in [2.45, 2.75) is 13.1 Å². The van der Waals surface area contributed by atoms with Gasteiger partial charge in [0.05, 0.1) is 21.3 Å². The van der Waals surface area contributed by atoms with Crippen LogP contribution >= 0.6 is 11.6 Å². The second-order valence-electron chi connectivity index (χ2n) is 5.44. The molecule has 2 aromatic rings. The number of halogens is 1. The number of aliphatic imine (C=N–C) groups is 1. The van der Waals surface area contributed by atoms with Crippen LogP contribution in [-0.2, 0) is 13.1 Å². The molecule has 0 spiro atoms. The average molecular weight is 378 g/mol. The first-order chi connectivity index (χ1) is 12.6. The third-order valence-corrected chi connectivity index (χ3v) is 4.03. The molecule has 0 amide bonds. The number of hydrogen-bond acceptors (Lipinski definition) is 4. The van der Waals surface area contributed by atoms with E-state index in [0.29, 0.717) is 36.3 Å². The lowest BCUT2D eigenvalue weighted by Crippen LogP contribution is -2.36. The minimum Gasteiger partial charge on any atom is -0.493 e. The van der Waals surface area contributed by atoms with Gasteiger partial charge in [0.25, 0.3) is 0 Å². The normalized spacial score (nSPS) is 11.0. The second-order valence-corrected chi connectivity index (χ2v) is 5.88. The maximum Gasteiger partial charge on any atom is 0.203 e. The van der Waals surface area contributed by atoms with Crippen molar-refractivity contribution in [3.05, 3.63) is 52.5 Å². The number of nitrogens with zero attached hydrogens (tertiary/aromatic N) is 1. The standard InChI is InChI=1S/C19H24ClN3O3/c1-21-19(22-11-13-5-7-15(20)8-6-13)23-12-14-9-16(24-2)18(26-4)17(10-14)25-3/h5-10H,11-12H2,1-4H3,(H2,21,22,23). The summed E-state index contributed by atoms with van der Waals surface area (Å²) in [6.45, 7) is 1.20. The first kappa shape index (κ1) is 19.7. The van der Waals surface area contributed by atoms with Crippen molar-refractivity contribution >= 4 is 17.6 Å². The Kier molecular flexibility index (Phi) is 7.41. The van der Waals surface area contributed by atoms with E-state index in [2.05, 4.69) is 15.6 Å². The highest BCUT2D eigenvalue weighted by Crippen LogP contribution is 2.38. The minimum atomic E-state index is 0.553. The molecule has 0 fully saturated rings. The summed E-state index contributed by atoms with van der Waals surface area (Å²) in [4.78, 5) is 4.24. The molecule has 2 N–H and O–H groups in total. The molecular formula is C19H24ClN3O3. The number of hydrogen-bond donors (Lipinski definition) is 2. The first-order valence-corrected chi connectivity index (χ1v) is 8.47. The summed E-state index contributed by atoms with van der Waals surface area (Å²) in [7, 11) is 6.51. The van der Waals surface area contributed by atoms with Crippen molar-refractivity contribution in [1.29, 1.82) is 0 Å². The number of guanidine groups is 1. The van der Waals surface area contributed by atoms with E-state index < -0.39 is 0 Å². The highest BCUT2D eigenvalue weighted by Gasteiger charge is 2.13. The van der Waals surface area contributed by atoms with E-state index in [1.807, 2.05) is 36.4 Å². The Labute approximate surface area is 159 Å². The lowest BCUT2D eigenvalue weighted by molar-refractivity contribution is 0.323. The van der Waals surface area contributed by atoms with Crippen LogP contribution in [0.1, 0.15) is 11.1 Å². The van der Waals surface area contributed by atoms with Gasteiger partial charge in [0.1, 0.15) is 0 Å². The molecule has 0 heterocycles. The molecule has 0 bridgehead atoms. The third-order valence-electron chi connectivity index (χ3n) is 3.78. The molecule has 26 heavy (non-hydrogen) atoms. The molecule has 0 aromatic heterocycles. The second kappa shape index (κ2) is 9.77. The van der Waals surface area contributed by atoms with Gasteiger partial charge in [-0.05, 0) is 35.4 Å². The molecule has 0 aliphatic carbocycles. The van der Waals surface area contributed by atoms with Crippen LogP contribution < -0.4 is 24.8 Å². The third kappa shape index (κ3) is 5.20. The fourth-order valence-corrected chi connectivity index (χ4v) is 2.56. The van der Waals surface area contributed by atoms with Gasteiger partial charge in [-0.2, -0.15) is 0 Å². The van der Waals surface area contributed by atoms with Crippen LogP contribution in [0.25, 0.3) is 0 Å². The number of nitrogens with one attached hydrogen (secondary N) is 2. The van der Waals surface area contributed by atoms with E-state index in [-0.39, 0.29) is 0 Å². The molecule has 0 aliphatic rings. The number of rotatable bonds is 7. The summed E-state index contributed by atoms with van der Waals surface area (Å²) in [6.07, 6.45) is 0. The summed E-state index contributed by atoms with van der Waals surface area (Å²) >= 11 is 5.90. The molecule has 0 atom stereocenters. The smallest absolute Gasteiger partial charge is 0.203 e. The van der Waals surface area contributed by atoms with Crippen molar-refractivity contribution in [2.24, 2.45) is 4.99 Å². The molecule has 2 aromatic carbocycles. The van der Waals surface area contributed by atoms with Crippen molar-refractivity contribution in [1.82, 2.24) is 10.6 Å². The van der Waals surface area contributed by atoms with Gasteiger partial charge in [-0.25, -0.2) is 0 Å². The van der Waals surface area contributed by atoms with Crippen molar-refractivity contribution < 1.29 is 14.2 Å². The molecule has 0 radical (unpaired) electrons. The topological polar surface area (TPSA) is 64.1 Å². The average Bonchev–Trinajstić information content (AvgIpc) is 2.68. The van der Waals surface area contributed by atoms with E-state index in [1.54, 1.807) is 28.4 Å². The highest BCUT2D eigenvalue weighted by molar-refractivity contribution is 6.30. The summed E-state index contributed by atoms with van der Waals surface area (Å²) in [5.41, 5.74) is 2.10. The fourth-order valence-electron chi connectivity index (χ4n) is 2.43. The molecule has 0 saturated carbocycles. The zero-order valence-electron chi connectivity index (χ0n) is 15.4. The largest absolute Gasteiger partial charge is 0.493 e. The van der Waals surface area contributed by atoms with E-state index in [1.165, 1.54) is 0 Å². The van der Waals surface area contributed by atoms with Gasteiger partial charge in [0, 0.05) is 25.2 Å². The lowest BCUT2D eigenvalue weighted by Gasteiger charge is -2.16. The van der Waals surface area contributed by atoms with Crippen molar-refractivity contribution in [3.63, 3.8) is 0 Å². The molecule has 0 aliphatic heterocycles. The van der Waals surface area contributed by atoms with Crippen molar-refractivity contribution in [3.8, 4) is 17.2 Å². The monoisotopic (exact) mass is 377 g/mol. The molecule has 6 nitrogen and oxygen atoms in total. The van der Waals surface area contributed by atoms with Crippen LogP contribution in [-0.4, -0.2) is 34.3 Å². The summed E-state index contributed by atoms with van der Waals surface area (Å²) < 4.78 is 16.1. The number of methoxy groups -OCH3 is 3. The summed E-state index contributed by atoms with van der Waals surface area (Å²) in [5, 5.41) is 7.25. The quantitative estimate of drug-likeness (QED) is 0.573. The van der Waals surface area contributed by atoms with Gasteiger partial charge in [0.2, 0.25) is 5.75 Å². The molecule has 0 saturated heterocycles. The molecule has 2 rings (SSSR count). The first-order valence-electron chi connectivity index (χ1n) is 8.09. The molecule has 140 valence electrons. The van der Waals surface area contributed by atoms with Gasteiger partial charge in [-0.3, -0.25) is 4.99 Å². The lowest BCUT2D eigenvalue weighted by atomic mass is 10.2. The Bertz CT molecular complexity index is 723. The Hall–Kier alpha value is -2.60. The number of ether oxygens (including phenoxy) is 3. The van der Waals surface area contributed by atoms with Gasteiger partial charge in [-0.15, -0.1) is 0 Å². The SMILES string of the molecule is CN=C(NCc1ccc(Cl)cc1)NCc1cc(OC)c(OC)c(OC)c1. The predicted molar refractivity (Wildman–Crippen MR) is 105 cm³/mol. The number of benzene rings is 2. The van der Waals surface area contributed by atoms with Crippen LogP contribution in [0.3, 0.4) is 0 Å². The molecule has 7 heteroatoms. The van der Waals surface area contributed by atoms with Gasteiger partial charge in [-0.1, -0.05) is 23.7 Å². The van der Waals surface area contributed by atoms with Gasteiger partial charge in [0.15, 0.2) is 17.5 Å². The fraction of sp³-hybridized carbons (Fsp3) is 0.316. The highest BCUT2D eigenvalue weighted by atomic mass is 35.5. The van der Waals surface area contributed by atoms with Crippen LogP contribution in [0.2, 0.25) is 5.02 Å².